The fraction of sp³-hybridized carbons (Fsp3) is 0.211. The molecular weight excluding hydrogens is 321 g/mol. The first-order valence-corrected chi connectivity index (χ1v) is 8.01. The summed E-state index contributed by atoms with van der Waals surface area (Å²) in [5.41, 5.74) is -0.0120. The van der Waals surface area contributed by atoms with Crippen molar-refractivity contribution >= 4 is 0 Å². The number of para-hydroxylation sites is 1. The van der Waals surface area contributed by atoms with Gasteiger partial charge in [0.05, 0.1) is 6.33 Å². The van der Waals surface area contributed by atoms with Crippen molar-refractivity contribution in [1.82, 2.24) is 15.3 Å². The number of benzene rings is 2. The zero-order valence-corrected chi connectivity index (χ0v) is 13.8. The highest BCUT2D eigenvalue weighted by molar-refractivity contribution is 5.43. The molecule has 4 N–H and O–H groups in total. The Balaban J connectivity index is 1.97. The van der Waals surface area contributed by atoms with Crippen LogP contribution in [-0.4, -0.2) is 26.2 Å². The predicted molar refractivity (Wildman–Crippen MR) is 92.4 cm³/mol. The van der Waals surface area contributed by atoms with Crippen molar-refractivity contribution in [2.45, 2.75) is 25.1 Å². The number of aromatic amines is 1. The number of imidazole rings is 1. The molecule has 1 aromatic heterocycles. The van der Waals surface area contributed by atoms with Crippen LogP contribution in [0.2, 0.25) is 0 Å². The van der Waals surface area contributed by atoms with Gasteiger partial charge in [0, 0.05) is 35.5 Å². The summed E-state index contributed by atoms with van der Waals surface area (Å²) in [5, 5.41) is 24.8. The molecule has 0 spiro atoms. The Morgan fingerprint density at radius 2 is 1.92 bits per heavy atom. The van der Waals surface area contributed by atoms with Gasteiger partial charge in [-0.25, -0.2) is 9.37 Å². The number of aliphatic hydroxyl groups is 1. The molecule has 0 aliphatic rings. The number of nitrogens with one attached hydrogen (secondary N) is 2. The van der Waals surface area contributed by atoms with E-state index in [1.54, 1.807) is 30.7 Å². The van der Waals surface area contributed by atoms with Crippen LogP contribution in [0.1, 0.15) is 23.7 Å². The van der Waals surface area contributed by atoms with Gasteiger partial charge in [-0.05, 0) is 25.1 Å². The highest BCUT2D eigenvalue weighted by Crippen LogP contribution is 2.33. The summed E-state index contributed by atoms with van der Waals surface area (Å²) in [5.74, 6) is -0.440. The van der Waals surface area contributed by atoms with Crippen LogP contribution in [0.25, 0.3) is 0 Å². The highest BCUT2D eigenvalue weighted by atomic mass is 19.1. The summed E-state index contributed by atoms with van der Waals surface area (Å²) in [7, 11) is 0. The van der Waals surface area contributed by atoms with Gasteiger partial charge in [-0.15, -0.1) is 0 Å². The fourth-order valence-corrected chi connectivity index (χ4v) is 2.92. The van der Waals surface area contributed by atoms with Gasteiger partial charge in [0.15, 0.2) is 5.72 Å². The van der Waals surface area contributed by atoms with E-state index in [1.165, 1.54) is 30.3 Å². The second-order valence-electron chi connectivity index (χ2n) is 6.06. The average Bonchev–Trinajstić information content (AvgIpc) is 3.08. The van der Waals surface area contributed by atoms with Gasteiger partial charge in [-0.2, -0.15) is 0 Å². The maximum Gasteiger partial charge on any atom is 0.172 e. The van der Waals surface area contributed by atoms with Gasteiger partial charge < -0.3 is 15.2 Å². The Morgan fingerprint density at radius 3 is 2.56 bits per heavy atom. The molecule has 0 amide bonds. The van der Waals surface area contributed by atoms with Crippen LogP contribution in [0.4, 0.5) is 4.39 Å². The summed E-state index contributed by atoms with van der Waals surface area (Å²) in [4.78, 5) is 7.00. The van der Waals surface area contributed by atoms with E-state index in [4.69, 9.17) is 0 Å². The van der Waals surface area contributed by atoms with Crippen molar-refractivity contribution < 1.29 is 14.6 Å². The molecule has 0 saturated heterocycles. The molecule has 1 heterocycles. The van der Waals surface area contributed by atoms with E-state index >= 15 is 0 Å². The third-order valence-corrected chi connectivity index (χ3v) is 4.09. The SMILES string of the molecule is C[C@H](Cc1cnc[nH]1)NC(O)(c1ccc(F)cc1)c1ccccc1O. The van der Waals surface area contributed by atoms with Gasteiger partial charge in [0.25, 0.3) is 0 Å². The monoisotopic (exact) mass is 341 g/mol. The van der Waals surface area contributed by atoms with Crippen molar-refractivity contribution in [3.63, 3.8) is 0 Å². The minimum Gasteiger partial charge on any atom is -0.507 e. The Hall–Kier alpha value is -2.70. The Labute approximate surface area is 145 Å². The molecule has 3 rings (SSSR count). The van der Waals surface area contributed by atoms with Crippen molar-refractivity contribution in [3.8, 4) is 5.75 Å². The summed E-state index contributed by atoms with van der Waals surface area (Å²) in [6, 6.07) is 11.9. The highest BCUT2D eigenvalue weighted by Gasteiger charge is 2.35. The second kappa shape index (κ2) is 7.04. The minimum absolute atomic E-state index is 0.0458. The summed E-state index contributed by atoms with van der Waals surface area (Å²) < 4.78 is 13.3. The van der Waals surface area contributed by atoms with E-state index in [9.17, 15) is 14.6 Å². The Morgan fingerprint density at radius 1 is 1.20 bits per heavy atom. The number of phenols is 1. The number of aromatic nitrogens is 2. The maximum absolute atomic E-state index is 13.3. The maximum atomic E-state index is 13.3. The topological polar surface area (TPSA) is 81.2 Å². The molecule has 2 aromatic carbocycles. The zero-order chi connectivity index (χ0) is 17.9. The number of phenolic OH excluding ortho intramolecular Hbond substituents is 1. The number of hydrogen-bond donors (Lipinski definition) is 4. The number of rotatable bonds is 6. The molecule has 130 valence electrons. The number of halogens is 1. The first kappa shape index (κ1) is 17.1. The first-order chi connectivity index (χ1) is 12.0. The molecule has 0 radical (unpaired) electrons. The number of aromatic hydroxyl groups is 1. The Bertz CT molecular complexity index is 821. The molecular formula is C19H20FN3O2. The lowest BCUT2D eigenvalue weighted by atomic mass is 9.92. The summed E-state index contributed by atoms with van der Waals surface area (Å²) >= 11 is 0. The number of hydrogen-bond acceptors (Lipinski definition) is 4. The number of nitrogens with zero attached hydrogens (tertiary/aromatic N) is 1. The summed E-state index contributed by atoms with van der Waals surface area (Å²) in [6.07, 6.45) is 3.91. The third-order valence-electron chi connectivity index (χ3n) is 4.09. The van der Waals surface area contributed by atoms with Gasteiger partial charge in [0.2, 0.25) is 0 Å². The lowest BCUT2D eigenvalue weighted by Crippen LogP contribution is -2.48. The largest absolute Gasteiger partial charge is 0.507 e. The van der Waals surface area contributed by atoms with Gasteiger partial charge in [0.1, 0.15) is 11.6 Å². The van der Waals surface area contributed by atoms with Gasteiger partial charge in [-0.1, -0.05) is 30.3 Å². The van der Waals surface area contributed by atoms with Crippen LogP contribution in [0, 0.1) is 5.82 Å². The van der Waals surface area contributed by atoms with E-state index in [2.05, 4.69) is 15.3 Å². The van der Waals surface area contributed by atoms with Crippen LogP contribution < -0.4 is 5.32 Å². The second-order valence-corrected chi connectivity index (χ2v) is 6.06. The van der Waals surface area contributed by atoms with E-state index in [0.29, 0.717) is 17.5 Å². The normalized spacial score (nSPS) is 14.8. The van der Waals surface area contributed by atoms with Gasteiger partial charge in [-0.3, -0.25) is 5.32 Å². The molecule has 1 unspecified atom stereocenters. The number of H-pyrrole nitrogens is 1. The van der Waals surface area contributed by atoms with Crippen LogP contribution in [-0.2, 0) is 12.1 Å². The molecule has 3 aromatic rings. The fourth-order valence-electron chi connectivity index (χ4n) is 2.92. The lowest BCUT2D eigenvalue weighted by molar-refractivity contribution is 0.0299. The molecule has 0 fully saturated rings. The van der Waals surface area contributed by atoms with Crippen molar-refractivity contribution in [2.24, 2.45) is 0 Å². The molecule has 5 nitrogen and oxygen atoms in total. The lowest BCUT2D eigenvalue weighted by Gasteiger charge is -2.34. The van der Waals surface area contributed by atoms with Crippen LogP contribution in [0.3, 0.4) is 0 Å². The van der Waals surface area contributed by atoms with E-state index in [-0.39, 0.29) is 11.8 Å². The molecule has 6 heteroatoms. The van der Waals surface area contributed by atoms with E-state index in [0.717, 1.165) is 5.69 Å². The molecule has 0 saturated carbocycles. The van der Waals surface area contributed by atoms with Crippen molar-refractivity contribution in [3.05, 3.63) is 83.7 Å². The van der Waals surface area contributed by atoms with Crippen LogP contribution in [0.5, 0.6) is 5.75 Å². The standard InChI is InChI=1S/C19H20FN3O2/c1-13(10-16-11-21-12-22-16)23-19(25,14-6-8-15(20)9-7-14)17-4-2-3-5-18(17)24/h2-9,11-13,23-25H,10H2,1H3,(H,21,22)/t13-,19?/m1/s1. The van der Waals surface area contributed by atoms with Crippen LogP contribution in [0.15, 0.2) is 61.1 Å². The van der Waals surface area contributed by atoms with Crippen LogP contribution >= 0.6 is 0 Å². The molecule has 0 aliphatic heterocycles. The zero-order valence-electron chi connectivity index (χ0n) is 13.8. The van der Waals surface area contributed by atoms with E-state index in [1.807, 2.05) is 6.92 Å². The molecule has 0 bridgehead atoms. The summed E-state index contributed by atoms with van der Waals surface area (Å²) in [6.45, 7) is 1.91. The minimum atomic E-state index is -1.67. The molecule has 0 aliphatic carbocycles. The van der Waals surface area contributed by atoms with E-state index < -0.39 is 11.5 Å². The average molecular weight is 341 g/mol. The smallest absolute Gasteiger partial charge is 0.172 e. The molecule has 2 atom stereocenters. The third kappa shape index (κ3) is 3.70. The first-order valence-electron chi connectivity index (χ1n) is 8.01. The Kier molecular flexibility index (Phi) is 4.83. The van der Waals surface area contributed by atoms with Gasteiger partial charge >= 0.3 is 0 Å². The predicted octanol–water partition coefficient (Wildman–Crippen LogP) is 2.67. The van der Waals surface area contributed by atoms with Crippen molar-refractivity contribution in [1.29, 1.82) is 0 Å². The molecule has 25 heavy (non-hydrogen) atoms. The van der Waals surface area contributed by atoms with Crippen molar-refractivity contribution in [2.75, 3.05) is 0 Å². The quantitative estimate of drug-likeness (QED) is 0.520.